The zero-order valence-electron chi connectivity index (χ0n) is 26.8. The van der Waals surface area contributed by atoms with Crippen molar-refractivity contribution < 1.29 is 0 Å². The molecule has 3 aliphatic carbocycles. The van der Waals surface area contributed by atoms with Crippen LogP contribution in [0, 0.1) is 12.3 Å². The van der Waals surface area contributed by atoms with Gasteiger partial charge in [-0.25, -0.2) is 0 Å². The molecule has 0 bridgehead atoms. The van der Waals surface area contributed by atoms with Crippen molar-refractivity contribution in [2.75, 3.05) is 9.80 Å². The Bertz CT molecular complexity index is 1600. The van der Waals surface area contributed by atoms with E-state index >= 15 is 0 Å². The molecule has 0 aromatic heterocycles. The van der Waals surface area contributed by atoms with Crippen molar-refractivity contribution in [2.24, 2.45) is 5.41 Å². The average Bonchev–Trinajstić information content (AvgIpc) is 3.46. The average molecular weight is 557 g/mol. The van der Waals surface area contributed by atoms with Gasteiger partial charge in [-0.1, -0.05) is 83.1 Å². The molecule has 42 heavy (non-hydrogen) atoms. The van der Waals surface area contributed by atoms with Gasteiger partial charge in [0.25, 0.3) is 0 Å². The smallest absolute Gasteiger partial charge is 0.247 e. The van der Waals surface area contributed by atoms with Crippen LogP contribution in [0.25, 0.3) is 0 Å². The number of allylic oxidation sites excluding steroid dienone is 3. The number of nitrogens with zero attached hydrogens (tertiary/aromatic N) is 2. The van der Waals surface area contributed by atoms with Gasteiger partial charge in [0.1, 0.15) is 0 Å². The predicted octanol–water partition coefficient (Wildman–Crippen LogP) is 8.91. The van der Waals surface area contributed by atoms with Gasteiger partial charge in [-0.3, -0.25) is 0 Å². The molecule has 4 heterocycles. The van der Waals surface area contributed by atoms with E-state index in [1.54, 1.807) is 50.3 Å². The number of aryl methyl sites for hydroxylation is 1. The maximum absolute atomic E-state index is 3.02. The molecule has 2 aromatic carbocycles. The van der Waals surface area contributed by atoms with Gasteiger partial charge in [-0.15, -0.1) is 0 Å². The molecule has 4 unspecified atom stereocenters. The molecular formula is C39H49BN2. The third-order valence-electron chi connectivity index (χ3n) is 14.5. The monoisotopic (exact) mass is 556 g/mol. The fraction of sp³-hybridized carbons (Fsp3) is 0.590. The molecule has 0 spiro atoms. The van der Waals surface area contributed by atoms with Gasteiger partial charge >= 0.3 is 0 Å². The van der Waals surface area contributed by atoms with Crippen LogP contribution in [0.1, 0.15) is 129 Å². The van der Waals surface area contributed by atoms with Crippen LogP contribution in [0.5, 0.6) is 0 Å². The lowest BCUT2D eigenvalue weighted by molar-refractivity contribution is 0.113. The first kappa shape index (κ1) is 26.0. The second kappa shape index (κ2) is 8.39. The SMILES string of the molecule is CCC12CCCCC1(CC)N1C3=C(CCC=C32)B2c3cccc4c3N(c3cc(C)cc1c32)C1(CC)CCCCC41CC. The number of benzene rings is 2. The Morgan fingerprint density at radius 1 is 0.762 bits per heavy atom. The highest BCUT2D eigenvalue weighted by Crippen LogP contribution is 2.69. The van der Waals surface area contributed by atoms with Crippen LogP contribution in [0.2, 0.25) is 0 Å². The maximum Gasteiger partial charge on any atom is 0.247 e. The van der Waals surface area contributed by atoms with E-state index in [0.29, 0.717) is 6.71 Å². The highest BCUT2D eigenvalue weighted by atomic mass is 15.3. The van der Waals surface area contributed by atoms with E-state index in [9.17, 15) is 0 Å². The van der Waals surface area contributed by atoms with Gasteiger partial charge in [0.2, 0.25) is 6.71 Å². The molecule has 218 valence electrons. The largest absolute Gasteiger partial charge is 0.335 e. The van der Waals surface area contributed by atoms with E-state index in [1.807, 2.05) is 0 Å². The van der Waals surface area contributed by atoms with Gasteiger partial charge in [0.05, 0.1) is 11.1 Å². The summed E-state index contributed by atoms with van der Waals surface area (Å²) in [4.78, 5) is 6.02. The zero-order chi connectivity index (χ0) is 28.6. The lowest BCUT2D eigenvalue weighted by atomic mass is 9.32. The number of fused-ring (bicyclic) bond motifs is 10. The van der Waals surface area contributed by atoms with Gasteiger partial charge in [-0.2, -0.15) is 0 Å². The zero-order valence-corrected chi connectivity index (χ0v) is 26.8. The van der Waals surface area contributed by atoms with Crippen LogP contribution in [0.4, 0.5) is 17.1 Å². The molecule has 3 heteroatoms. The Morgan fingerprint density at radius 3 is 2.10 bits per heavy atom. The standard InChI is InChI=1S/C39H49BN2/c1-6-36-20-10-12-22-38(36,8-3)41-31-24-26(5)25-32-33(31)40(29-18-14-16-27(36)34(29)41)30-19-15-17-28-35(30)42(32)39(9-4)23-13-11-21-37(28,39)7-2/h14,16-18,24-25H,6-13,15,19-23H2,1-5H3. The number of rotatable bonds is 4. The molecule has 4 atom stereocenters. The normalized spacial score (nSPS) is 35.0. The summed E-state index contributed by atoms with van der Waals surface area (Å²) < 4.78 is 0. The number of anilines is 3. The summed E-state index contributed by atoms with van der Waals surface area (Å²) >= 11 is 0. The highest BCUT2D eigenvalue weighted by Gasteiger charge is 2.68. The van der Waals surface area contributed by atoms with Crippen LogP contribution < -0.4 is 20.7 Å². The van der Waals surface area contributed by atoms with Crippen molar-refractivity contribution in [3.05, 3.63) is 64.3 Å². The van der Waals surface area contributed by atoms with Gasteiger partial charge in [-0.05, 0) is 111 Å². The number of hydrogen-bond acceptors (Lipinski definition) is 2. The Hall–Kier alpha value is -2.42. The van der Waals surface area contributed by atoms with E-state index in [0.717, 1.165) is 0 Å². The molecule has 4 aliphatic heterocycles. The molecular weight excluding hydrogens is 507 g/mol. The molecule has 0 radical (unpaired) electrons. The summed E-state index contributed by atoms with van der Waals surface area (Å²) in [7, 11) is 0. The summed E-state index contributed by atoms with van der Waals surface area (Å²) in [5.41, 5.74) is 17.3. The lowest BCUT2D eigenvalue weighted by Gasteiger charge is -2.57. The first-order chi connectivity index (χ1) is 20.5. The van der Waals surface area contributed by atoms with Crippen LogP contribution in [-0.2, 0) is 5.41 Å². The Morgan fingerprint density at radius 2 is 1.40 bits per heavy atom. The van der Waals surface area contributed by atoms with Crippen molar-refractivity contribution in [3.63, 3.8) is 0 Å². The summed E-state index contributed by atoms with van der Waals surface area (Å²) in [5.74, 6) is 0. The van der Waals surface area contributed by atoms with Crippen molar-refractivity contribution in [1.82, 2.24) is 0 Å². The molecule has 0 amide bonds. The summed E-state index contributed by atoms with van der Waals surface area (Å²) in [6.07, 6.45) is 21.0. The maximum atomic E-state index is 3.02. The molecule has 9 rings (SSSR count). The molecule has 2 saturated carbocycles. The Kier molecular flexibility index (Phi) is 5.20. The van der Waals surface area contributed by atoms with Crippen molar-refractivity contribution >= 4 is 34.7 Å². The first-order valence-electron chi connectivity index (χ1n) is 17.8. The summed E-state index contributed by atoms with van der Waals surface area (Å²) in [6.45, 7) is 12.8. The van der Waals surface area contributed by atoms with Crippen molar-refractivity contribution in [2.45, 2.75) is 141 Å². The number of para-hydroxylation sites is 1. The fourth-order valence-electron chi connectivity index (χ4n) is 13.0. The quantitative estimate of drug-likeness (QED) is 0.347. The molecule has 0 N–H and O–H groups in total. The van der Waals surface area contributed by atoms with Gasteiger partial charge < -0.3 is 9.80 Å². The van der Waals surface area contributed by atoms with Crippen LogP contribution >= 0.6 is 0 Å². The van der Waals surface area contributed by atoms with E-state index in [4.69, 9.17) is 0 Å². The van der Waals surface area contributed by atoms with Crippen molar-refractivity contribution in [1.29, 1.82) is 0 Å². The van der Waals surface area contributed by atoms with Gasteiger partial charge in [0, 0.05) is 33.6 Å². The second-order valence-electron chi connectivity index (χ2n) is 15.2. The highest BCUT2D eigenvalue weighted by molar-refractivity contribution is 6.95. The van der Waals surface area contributed by atoms with E-state index in [1.165, 1.54) is 95.5 Å². The third-order valence-corrected chi connectivity index (χ3v) is 14.5. The minimum absolute atomic E-state index is 0.183. The molecule has 2 aromatic rings. The minimum Gasteiger partial charge on any atom is -0.335 e. The Balaban J connectivity index is 1.42. The lowest BCUT2D eigenvalue weighted by Crippen LogP contribution is -2.64. The molecule has 7 aliphatic rings. The summed E-state index contributed by atoms with van der Waals surface area (Å²) in [6, 6.07) is 12.8. The molecule has 1 saturated heterocycles. The fourth-order valence-corrected chi connectivity index (χ4v) is 13.0. The number of hydrogen-bond donors (Lipinski definition) is 0. The topological polar surface area (TPSA) is 6.48 Å². The van der Waals surface area contributed by atoms with Crippen molar-refractivity contribution in [3.8, 4) is 0 Å². The second-order valence-corrected chi connectivity index (χ2v) is 15.2. The van der Waals surface area contributed by atoms with Crippen LogP contribution in [0.15, 0.2) is 53.2 Å². The predicted molar refractivity (Wildman–Crippen MR) is 179 cm³/mol. The van der Waals surface area contributed by atoms with E-state index < -0.39 is 0 Å². The minimum atomic E-state index is 0.183. The molecule has 2 nitrogen and oxygen atoms in total. The third kappa shape index (κ3) is 2.51. The van der Waals surface area contributed by atoms with Crippen LogP contribution in [-0.4, -0.2) is 17.8 Å². The van der Waals surface area contributed by atoms with Crippen LogP contribution in [0.3, 0.4) is 0 Å². The van der Waals surface area contributed by atoms with Gasteiger partial charge in [0.15, 0.2) is 0 Å². The Labute approximate surface area is 254 Å². The van der Waals surface area contributed by atoms with E-state index in [-0.39, 0.29) is 21.9 Å². The first-order valence-corrected chi connectivity index (χ1v) is 17.8. The molecule has 3 fully saturated rings. The summed E-state index contributed by atoms with van der Waals surface area (Å²) in [5, 5.41) is 0. The van der Waals surface area contributed by atoms with E-state index in [2.05, 4.69) is 80.8 Å².